The van der Waals surface area contributed by atoms with Gasteiger partial charge in [0.25, 0.3) is 5.91 Å². The monoisotopic (exact) mass is 362 g/mol. The van der Waals surface area contributed by atoms with Gasteiger partial charge in [0.1, 0.15) is 5.01 Å². The molecule has 0 aliphatic rings. The summed E-state index contributed by atoms with van der Waals surface area (Å²) in [5.41, 5.74) is 1.57. The number of para-hydroxylation sites is 1. The summed E-state index contributed by atoms with van der Waals surface area (Å²) in [6.45, 7) is 3.23. The zero-order valence-corrected chi connectivity index (χ0v) is 14.7. The minimum Gasteiger partial charge on any atom is -0.456 e. The Morgan fingerprint density at radius 1 is 1.04 bits per heavy atom. The minimum absolute atomic E-state index is 0.0587. The van der Waals surface area contributed by atoms with Crippen LogP contribution in [0.4, 0.5) is 10.8 Å². The lowest BCUT2D eigenvalue weighted by atomic mass is 10.2. The molecule has 0 unspecified atom stereocenters. The Morgan fingerprint density at radius 2 is 1.80 bits per heavy atom. The van der Waals surface area contributed by atoms with Crippen molar-refractivity contribution in [3.05, 3.63) is 34.8 Å². The van der Waals surface area contributed by atoms with Crippen molar-refractivity contribution in [3.63, 3.8) is 0 Å². The van der Waals surface area contributed by atoms with Crippen LogP contribution in [-0.2, 0) is 19.1 Å². The topological polar surface area (TPSA) is 110 Å². The number of aryl methyl sites for hydroxylation is 2. The molecule has 0 bridgehead atoms. The van der Waals surface area contributed by atoms with Gasteiger partial charge in [-0.1, -0.05) is 29.5 Å². The van der Waals surface area contributed by atoms with Gasteiger partial charge >= 0.3 is 5.97 Å². The van der Waals surface area contributed by atoms with Gasteiger partial charge in [0.2, 0.25) is 11.0 Å². The molecule has 1 aromatic heterocycles. The van der Waals surface area contributed by atoms with E-state index < -0.39 is 18.5 Å². The van der Waals surface area contributed by atoms with E-state index in [9.17, 15) is 14.4 Å². The Balaban J connectivity index is 1.67. The van der Waals surface area contributed by atoms with Gasteiger partial charge in [0.15, 0.2) is 6.61 Å². The fourth-order valence-electron chi connectivity index (χ4n) is 1.86. The fourth-order valence-corrected chi connectivity index (χ4v) is 2.47. The zero-order chi connectivity index (χ0) is 18.2. The number of aromatic nitrogens is 2. The molecule has 2 aromatic rings. The fraction of sp³-hybridized carbons (Fsp3) is 0.312. The third-order valence-electron chi connectivity index (χ3n) is 3.11. The van der Waals surface area contributed by atoms with Crippen LogP contribution >= 0.6 is 11.3 Å². The number of rotatable bonds is 7. The molecular formula is C16H18N4O4S. The number of carbonyl (C=O) groups is 3. The van der Waals surface area contributed by atoms with Crippen LogP contribution in [0.5, 0.6) is 0 Å². The molecule has 25 heavy (non-hydrogen) atoms. The van der Waals surface area contributed by atoms with Gasteiger partial charge in [0.05, 0.1) is 6.42 Å². The predicted molar refractivity (Wildman–Crippen MR) is 93.3 cm³/mol. The Labute approximate surface area is 148 Å². The van der Waals surface area contributed by atoms with E-state index in [1.165, 1.54) is 11.3 Å². The quantitative estimate of drug-likeness (QED) is 0.730. The van der Waals surface area contributed by atoms with Crippen molar-refractivity contribution in [3.8, 4) is 0 Å². The first-order valence-electron chi connectivity index (χ1n) is 7.55. The normalized spacial score (nSPS) is 10.2. The number of nitrogens with zero attached hydrogens (tertiary/aromatic N) is 2. The molecule has 2 rings (SSSR count). The number of nitrogens with one attached hydrogen (secondary N) is 2. The van der Waals surface area contributed by atoms with Crippen LogP contribution in [0.2, 0.25) is 0 Å². The van der Waals surface area contributed by atoms with Crippen molar-refractivity contribution in [2.75, 3.05) is 17.2 Å². The molecule has 0 aliphatic carbocycles. The lowest BCUT2D eigenvalue weighted by Gasteiger charge is -2.08. The van der Waals surface area contributed by atoms with Crippen LogP contribution in [0, 0.1) is 13.8 Å². The number of anilines is 2. The number of hydrogen-bond acceptors (Lipinski definition) is 7. The summed E-state index contributed by atoms with van der Waals surface area (Å²) in [6, 6.07) is 7.28. The van der Waals surface area contributed by atoms with Crippen LogP contribution < -0.4 is 10.6 Å². The number of carbonyl (C=O) groups excluding carboxylic acids is 3. The molecule has 1 aromatic carbocycles. The van der Waals surface area contributed by atoms with Crippen molar-refractivity contribution >= 4 is 39.9 Å². The van der Waals surface area contributed by atoms with E-state index in [0.717, 1.165) is 10.6 Å². The molecule has 2 N–H and O–H groups in total. The standard InChI is InChI=1S/C16H18N4O4S/c1-10-5-3-4-6-12(10)17-14(22)9-24-15(23)8-7-13(21)18-16-20-19-11(2)25-16/h3-6H,7-9H2,1-2H3,(H,17,22)(H,18,20,21). The molecule has 0 spiro atoms. The Kier molecular flexibility index (Phi) is 6.58. The first-order valence-corrected chi connectivity index (χ1v) is 8.37. The van der Waals surface area contributed by atoms with Crippen molar-refractivity contribution in [1.29, 1.82) is 0 Å². The van der Waals surface area contributed by atoms with Gasteiger partial charge in [-0.2, -0.15) is 0 Å². The van der Waals surface area contributed by atoms with E-state index in [-0.39, 0.29) is 18.7 Å². The molecule has 9 heteroatoms. The molecule has 2 amide bonds. The van der Waals surface area contributed by atoms with Gasteiger partial charge in [0, 0.05) is 12.1 Å². The second kappa shape index (κ2) is 8.88. The van der Waals surface area contributed by atoms with Gasteiger partial charge in [-0.25, -0.2) is 0 Å². The van der Waals surface area contributed by atoms with Crippen molar-refractivity contribution in [1.82, 2.24) is 10.2 Å². The number of hydrogen-bond donors (Lipinski definition) is 2. The summed E-state index contributed by atoms with van der Waals surface area (Å²) in [6.07, 6.45) is -0.182. The van der Waals surface area contributed by atoms with Gasteiger partial charge in [-0.15, -0.1) is 10.2 Å². The lowest BCUT2D eigenvalue weighted by molar-refractivity contribution is -0.147. The van der Waals surface area contributed by atoms with Crippen molar-refractivity contribution < 1.29 is 19.1 Å². The molecule has 0 saturated carbocycles. The highest BCUT2D eigenvalue weighted by Gasteiger charge is 2.12. The average molecular weight is 362 g/mol. The molecule has 132 valence electrons. The van der Waals surface area contributed by atoms with E-state index in [1.54, 1.807) is 19.1 Å². The highest BCUT2D eigenvalue weighted by atomic mass is 32.1. The molecule has 0 atom stereocenters. The average Bonchev–Trinajstić information content (AvgIpc) is 2.98. The summed E-state index contributed by atoms with van der Waals surface area (Å²) in [5.74, 6) is -1.42. The Hall–Kier alpha value is -2.81. The predicted octanol–water partition coefficient (Wildman–Crippen LogP) is 2.06. The van der Waals surface area contributed by atoms with Gasteiger partial charge in [-0.3, -0.25) is 14.4 Å². The first kappa shape index (κ1) is 18.5. The molecule has 8 nitrogen and oxygen atoms in total. The van der Waals surface area contributed by atoms with E-state index in [4.69, 9.17) is 4.74 Å². The summed E-state index contributed by atoms with van der Waals surface area (Å²) < 4.78 is 4.86. The van der Waals surface area contributed by atoms with Gasteiger partial charge < -0.3 is 15.4 Å². The second-order valence-electron chi connectivity index (χ2n) is 5.20. The smallest absolute Gasteiger partial charge is 0.306 e. The molecule has 0 saturated heterocycles. The molecule has 0 radical (unpaired) electrons. The Morgan fingerprint density at radius 3 is 2.48 bits per heavy atom. The molecular weight excluding hydrogens is 344 g/mol. The Bertz CT molecular complexity index is 775. The van der Waals surface area contributed by atoms with Crippen LogP contribution in [0.15, 0.2) is 24.3 Å². The van der Waals surface area contributed by atoms with Crippen LogP contribution in [0.1, 0.15) is 23.4 Å². The largest absolute Gasteiger partial charge is 0.456 e. The number of esters is 1. The second-order valence-corrected chi connectivity index (χ2v) is 6.38. The maximum absolute atomic E-state index is 11.8. The third-order valence-corrected chi connectivity index (χ3v) is 3.87. The summed E-state index contributed by atoms with van der Waals surface area (Å²) in [5, 5.41) is 13.8. The van der Waals surface area contributed by atoms with E-state index in [1.807, 2.05) is 19.1 Å². The van der Waals surface area contributed by atoms with Crippen molar-refractivity contribution in [2.24, 2.45) is 0 Å². The molecule has 0 aliphatic heterocycles. The maximum atomic E-state index is 11.8. The van der Waals surface area contributed by atoms with E-state index >= 15 is 0 Å². The first-order chi connectivity index (χ1) is 11.9. The number of benzene rings is 1. The van der Waals surface area contributed by atoms with E-state index in [0.29, 0.717) is 10.8 Å². The molecule has 0 fully saturated rings. The van der Waals surface area contributed by atoms with E-state index in [2.05, 4.69) is 20.8 Å². The van der Waals surface area contributed by atoms with Gasteiger partial charge in [-0.05, 0) is 25.5 Å². The number of amides is 2. The van der Waals surface area contributed by atoms with Crippen molar-refractivity contribution in [2.45, 2.75) is 26.7 Å². The third kappa shape index (κ3) is 6.30. The summed E-state index contributed by atoms with van der Waals surface area (Å²) >= 11 is 1.24. The summed E-state index contributed by atoms with van der Waals surface area (Å²) in [7, 11) is 0. The number of ether oxygens (including phenoxy) is 1. The minimum atomic E-state index is -0.622. The van der Waals surface area contributed by atoms with Crippen LogP contribution in [0.25, 0.3) is 0 Å². The lowest BCUT2D eigenvalue weighted by Crippen LogP contribution is -2.22. The summed E-state index contributed by atoms with van der Waals surface area (Å²) in [4.78, 5) is 35.1. The van der Waals surface area contributed by atoms with Crippen LogP contribution in [-0.4, -0.2) is 34.6 Å². The van der Waals surface area contributed by atoms with Crippen LogP contribution in [0.3, 0.4) is 0 Å². The maximum Gasteiger partial charge on any atom is 0.306 e. The molecule has 1 heterocycles. The highest BCUT2D eigenvalue weighted by molar-refractivity contribution is 7.15. The zero-order valence-electron chi connectivity index (χ0n) is 13.9. The SMILES string of the molecule is Cc1nnc(NC(=O)CCC(=O)OCC(=O)Nc2ccccc2C)s1. The highest BCUT2D eigenvalue weighted by Crippen LogP contribution is 2.14.